The van der Waals surface area contributed by atoms with Gasteiger partial charge in [0.2, 0.25) is 5.88 Å². The number of carbonyl (C=O) groups excluding carboxylic acids is 1. The molecule has 2 aromatic rings. The van der Waals surface area contributed by atoms with Crippen LogP contribution in [0.4, 0.5) is 5.82 Å². The highest BCUT2D eigenvalue weighted by Gasteiger charge is 2.25. The van der Waals surface area contributed by atoms with Crippen LogP contribution in [0, 0.1) is 0 Å². The fourth-order valence-corrected chi connectivity index (χ4v) is 4.66. The van der Waals surface area contributed by atoms with Gasteiger partial charge in [-0.15, -0.1) is 0 Å². The number of carbonyl (C=O) groups is 1. The van der Waals surface area contributed by atoms with E-state index in [1.807, 2.05) is 18.0 Å². The number of hydrogen-bond donors (Lipinski definition) is 0. The molecule has 8 heteroatoms. The normalized spacial score (nSPS) is 18.1. The summed E-state index contributed by atoms with van der Waals surface area (Å²) in [6.07, 6.45) is 6.12. The summed E-state index contributed by atoms with van der Waals surface area (Å²) in [5.41, 5.74) is 1.79. The average molecular weight is 453 g/mol. The molecule has 4 heterocycles. The molecule has 0 radical (unpaired) electrons. The van der Waals surface area contributed by atoms with Gasteiger partial charge in [0, 0.05) is 51.2 Å². The molecule has 0 aromatic carbocycles. The number of aromatic nitrogens is 2. The standard InChI is InChI=1S/C25H36N6O2/c1-4-33-24-22(6-5-11-26-24)25(32)31-16-14-30(15-17-31)23-8-7-20(18-27-23)19-29-12-9-21(10-13-29)28(2)3/h5-8,11,18,21H,4,9-10,12-17,19H2,1-3H3. The Bertz CT molecular complexity index is 903. The minimum atomic E-state index is -0.0208. The molecule has 2 aromatic heterocycles. The SMILES string of the molecule is CCOc1ncccc1C(=O)N1CCN(c2ccc(CN3CCC(N(C)C)CC3)cn2)CC1. The first-order valence-electron chi connectivity index (χ1n) is 12.0. The number of ether oxygens (including phenoxy) is 1. The Morgan fingerprint density at radius 3 is 2.45 bits per heavy atom. The lowest BCUT2D eigenvalue weighted by atomic mass is 10.0. The third kappa shape index (κ3) is 5.81. The summed E-state index contributed by atoms with van der Waals surface area (Å²) in [4.78, 5) is 30.9. The number of pyridine rings is 2. The molecular formula is C25H36N6O2. The zero-order valence-electron chi connectivity index (χ0n) is 20.1. The van der Waals surface area contributed by atoms with Crippen LogP contribution in [0.15, 0.2) is 36.7 Å². The van der Waals surface area contributed by atoms with Crippen molar-refractivity contribution in [2.45, 2.75) is 32.4 Å². The van der Waals surface area contributed by atoms with Gasteiger partial charge in [-0.3, -0.25) is 9.69 Å². The van der Waals surface area contributed by atoms with Gasteiger partial charge in [0.15, 0.2) is 0 Å². The zero-order valence-corrected chi connectivity index (χ0v) is 20.1. The molecule has 2 fully saturated rings. The molecule has 0 saturated carbocycles. The van der Waals surface area contributed by atoms with Crippen molar-refractivity contribution >= 4 is 11.7 Å². The first-order valence-corrected chi connectivity index (χ1v) is 12.0. The van der Waals surface area contributed by atoms with Crippen molar-refractivity contribution in [1.82, 2.24) is 24.7 Å². The van der Waals surface area contributed by atoms with E-state index in [1.165, 1.54) is 18.4 Å². The van der Waals surface area contributed by atoms with Crippen LogP contribution in [0.1, 0.15) is 35.7 Å². The number of anilines is 1. The van der Waals surface area contributed by atoms with Gasteiger partial charge in [-0.25, -0.2) is 9.97 Å². The Labute approximate surface area is 197 Å². The maximum Gasteiger partial charge on any atom is 0.259 e. The van der Waals surface area contributed by atoms with Gasteiger partial charge in [0.05, 0.1) is 6.61 Å². The van der Waals surface area contributed by atoms with E-state index in [9.17, 15) is 4.79 Å². The summed E-state index contributed by atoms with van der Waals surface area (Å²) in [6.45, 7) is 8.47. The van der Waals surface area contributed by atoms with E-state index in [0.29, 0.717) is 37.2 Å². The fourth-order valence-electron chi connectivity index (χ4n) is 4.66. The third-order valence-electron chi connectivity index (χ3n) is 6.68. The first kappa shape index (κ1) is 23.4. The summed E-state index contributed by atoms with van der Waals surface area (Å²) in [5, 5.41) is 0. The summed E-state index contributed by atoms with van der Waals surface area (Å²) < 4.78 is 5.54. The van der Waals surface area contributed by atoms with Crippen LogP contribution >= 0.6 is 0 Å². The van der Waals surface area contributed by atoms with Crippen molar-refractivity contribution in [2.75, 3.05) is 64.9 Å². The molecule has 0 unspecified atom stereocenters. The van der Waals surface area contributed by atoms with Crippen molar-refractivity contribution in [2.24, 2.45) is 0 Å². The minimum Gasteiger partial charge on any atom is -0.477 e. The van der Waals surface area contributed by atoms with Crippen molar-refractivity contribution in [3.05, 3.63) is 47.8 Å². The van der Waals surface area contributed by atoms with E-state index >= 15 is 0 Å². The number of amides is 1. The second-order valence-corrected chi connectivity index (χ2v) is 9.06. The summed E-state index contributed by atoms with van der Waals surface area (Å²) in [6, 6.07) is 8.59. The topological polar surface area (TPSA) is 65.0 Å². The Balaban J connectivity index is 1.28. The highest BCUT2D eigenvalue weighted by molar-refractivity contribution is 5.96. The van der Waals surface area contributed by atoms with Gasteiger partial charge < -0.3 is 19.4 Å². The van der Waals surface area contributed by atoms with Crippen LogP contribution in [0.2, 0.25) is 0 Å². The Hall–Kier alpha value is -2.71. The van der Waals surface area contributed by atoms with Crippen LogP contribution in [0.3, 0.4) is 0 Å². The number of piperidine rings is 1. The molecule has 2 aliphatic rings. The first-order chi connectivity index (χ1) is 16.0. The van der Waals surface area contributed by atoms with Crippen molar-refractivity contribution in [1.29, 1.82) is 0 Å². The Morgan fingerprint density at radius 2 is 1.82 bits per heavy atom. The monoisotopic (exact) mass is 452 g/mol. The second-order valence-electron chi connectivity index (χ2n) is 9.06. The fraction of sp³-hybridized carbons (Fsp3) is 0.560. The highest BCUT2D eigenvalue weighted by Crippen LogP contribution is 2.21. The van der Waals surface area contributed by atoms with Gasteiger partial charge in [0.1, 0.15) is 11.4 Å². The quantitative estimate of drug-likeness (QED) is 0.639. The Morgan fingerprint density at radius 1 is 1.06 bits per heavy atom. The largest absolute Gasteiger partial charge is 0.477 e. The van der Waals surface area contributed by atoms with Gasteiger partial charge in [-0.05, 0) is 70.7 Å². The number of piperazine rings is 1. The average Bonchev–Trinajstić information content (AvgIpc) is 2.85. The van der Waals surface area contributed by atoms with Crippen LogP contribution < -0.4 is 9.64 Å². The molecule has 0 bridgehead atoms. The molecule has 0 N–H and O–H groups in total. The van der Waals surface area contributed by atoms with E-state index < -0.39 is 0 Å². The molecule has 2 saturated heterocycles. The molecule has 178 valence electrons. The second kappa shape index (κ2) is 10.9. The number of nitrogens with zero attached hydrogens (tertiary/aromatic N) is 6. The van der Waals surface area contributed by atoms with Crippen LogP contribution in [0.25, 0.3) is 0 Å². The van der Waals surface area contributed by atoms with Crippen molar-refractivity contribution in [3.63, 3.8) is 0 Å². The van der Waals surface area contributed by atoms with E-state index in [0.717, 1.165) is 38.5 Å². The highest BCUT2D eigenvalue weighted by atomic mass is 16.5. The number of hydrogen-bond acceptors (Lipinski definition) is 7. The van der Waals surface area contributed by atoms with Crippen LogP contribution in [-0.2, 0) is 6.54 Å². The van der Waals surface area contributed by atoms with Crippen molar-refractivity contribution < 1.29 is 9.53 Å². The van der Waals surface area contributed by atoms with Gasteiger partial charge >= 0.3 is 0 Å². The molecule has 33 heavy (non-hydrogen) atoms. The number of likely N-dealkylation sites (tertiary alicyclic amines) is 1. The molecule has 4 rings (SSSR count). The van der Waals surface area contributed by atoms with Gasteiger partial charge in [-0.2, -0.15) is 0 Å². The summed E-state index contributed by atoms with van der Waals surface area (Å²) in [7, 11) is 4.35. The number of rotatable bonds is 7. The minimum absolute atomic E-state index is 0.0208. The lowest BCUT2D eigenvalue weighted by Crippen LogP contribution is -2.49. The Kier molecular flexibility index (Phi) is 7.77. The smallest absolute Gasteiger partial charge is 0.259 e. The molecule has 0 atom stereocenters. The molecule has 1 amide bonds. The maximum atomic E-state index is 13.0. The van der Waals surface area contributed by atoms with E-state index in [1.54, 1.807) is 18.3 Å². The summed E-state index contributed by atoms with van der Waals surface area (Å²) in [5.74, 6) is 1.37. The van der Waals surface area contributed by atoms with E-state index in [-0.39, 0.29) is 5.91 Å². The lowest BCUT2D eigenvalue weighted by molar-refractivity contribution is 0.0741. The molecule has 8 nitrogen and oxygen atoms in total. The van der Waals surface area contributed by atoms with Gasteiger partial charge in [-0.1, -0.05) is 6.07 Å². The predicted molar refractivity (Wildman–Crippen MR) is 130 cm³/mol. The molecule has 0 aliphatic carbocycles. The molecule has 2 aliphatic heterocycles. The van der Waals surface area contributed by atoms with E-state index in [4.69, 9.17) is 9.72 Å². The lowest BCUT2D eigenvalue weighted by Gasteiger charge is -2.36. The van der Waals surface area contributed by atoms with Crippen LogP contribution in [-0.4, -0.2) is 96.6 Å². The van der Waals surface area contributed by atoms with Crippen LogP contribution in [0.5, 0.6) is 5.88 Å². The predicted octanol–water partition coefficient (Wildman–Crippen LogP) is 2.36. The van der Waals surface area contributed by atoms with Crippen molar-refractivity contribution in [3.8, 4) is 5.88 Å². The maximum absolute atomic E-state index is 13.0. The third-order valence-corrected chi connectivity index (χ3v) is 6.68. The van der Waals surface area contributed by atoms with Gasteiger partial charge in [0.25, 0.3) is 5.91 Å². The zero-order chi connectivity index (χ0) is 23.2. The van der Waals surface area contributed by atoms with E-state index in [2.05, 4.69) is 45.9 Å². The molecular weight excluding hydrogens is 416 g/mol. The molecule has 0 spiro atoms. The summed E-state index contributed by atoms with van der Waals surface area (Å²) >= 11 is 0.